The molecule has 0 aromatic heterocycles. The van der Waals surface area contributed by atoms with E-state index in [4.69, 9.17) is 21.1 Å². The maximum absolute atomic E-state index is 6.13. The number of hydrogen-bond donors (Lipinski definition) is 0. The zero-order valence-electron chi connectivity index (χ0n) is 12.9. The van der Waals surface area contributed by atoms with Crippen molar-refractivity contribution >= 4 is 17.8 Å². The van der Waals surface area contributed by atoms with Crippen molar-refractivity contribution < 1.29 is 9.47 Å². The molecule has 5 heteroatoms. The van der Waals surface area contributed by atoms with Crippen LogP contribution in [0.4, 0.5) is 0 Å². The molecule has 0 radical (unpaired) electrons. The van der Waals surface area contributed by atoms with E-state index < -0.39 is 0 Å². The predicted octanol–water partition coefficient (Wildman–Crippen LogP) is 3.82. The number of benzene rings is 2. The molecule has 0 aliphatic heterocycles. The molecule has 0 aliphatic carbocycles. The van der Waals surface area contributed by atoms with E-state index in [-0.39, 0.29) is 0 Å². The van der Waals surface area contributed by atoms with Crippen LogP contribution in [0.25, 0.3) is 0 Å². The van der Waals surface area contributed by atoms with Crippen molar-refractivity contribution in [2.45, 2.75) is 6.61 Å². The molecule has 4 nitrogen and oxygen atoms in total. The van der Waals surface area contributed by atoms with Gasteiger partial charge in [-0.1, -0.05) is 29.8 Å². The van der Waals surface area contributed by atoms with Gasteiger partial charge in [-0.2, -0.15) is 5.10 Å². The van der Waals surface area contributed by atoms with Crippen LogP contribution in [-0.2, 0) is 6.61 Å². The lowest BCUT2D eigenvalue weighted by atomic mass is 10.2. The Kier molecular flexibility index (Phi) is 5.67. The van der Waals surface area contributed by atoms with Crippen LogP contribution in [-0.4, -0.2) is 32.4 Å². The molecule has 22 heavy (non-hydrogen) atoms. The first-order valence-corrected chi connectivity index (χ1v) is 7.23. The number of methoxy groups -OCH3 is 1. The van der Waals surface area contributed by atoms with E-state index in [1.165, 1.54) is 0 Å². The lowest BCUT2D eigenvalue weighted by Crippen LogP contribution is -2.02. The highest BCUT2D eigenvalue weighted by Gasteiger charge is 2.07. The maximum atomic E-state index is 6.13. The van der Waals surface area contributed by atoms with Gasteiger partial charge in [0.15, 0.2) is 11.5 Å². The normalized spacial score (nSPS) is 10.7. The number of ether oxygens (including phenoxy) is 2. The molecule has 0 heterocycles. The lowest BCUT2D eigenvalue weighted by molar-refractivity contribution is 0.284. The summed E-state index contributed by atoms with van der Waals surface area (Å²) in [4.78, 5) is 0. The van der Waals surface area contributed by atoms with Crippen molar-refractivity contribution in [3.05, 3.63) is 58.6 Å². The summed E-state index contributed by atoms with van der Waals surface area (Å²) < 4.78 is 11.2. The van der Waals surface area contributed by atoms with Gasteiger partial charge >= 0.3 is 0 Å². The summed E-state index contributed by atoms with van der Waals surface area (Å²) in [5.74, 6) is 1.33. The third-order valence-electron chi connectivity index (χ3n) is 2.97. The second-order valence-corrected chi connectivity index (χ2v) is 5.29. The molecule has 0 bridgehead atoms. The monoisotopic (exact) mass is 318 g/mol. The molecule has 0 unspecified atom stereocenters. The Morgan fingerprint density at radius 1 is 1.14 bits per heavy atom. The molecule has 116 valence electrons. The average molecular weight is 319 g/mol. The van der Waals surface area contributed by atoms with E-state index in [1.54, 1.807) is 18.3 Å². The van der Waals surface area contributed by atoms with Gasteiger partial charge in [0.2, 0.25) is 0 Å². The predicted molar refractivity (Wildman–Crippen MR) is 90.1 cm³/mol. The minimum absolute atomic E-state index is 0.390. The van der Waals surface area contributed by atoms with Gasteiger partial charge in [0.25, 0.3) is 0 Å². The van der Waals surface area contributed by atoms with Gasteiger partial charge in [-0.15, -0.1) is 0 Å². The molecule has 0 N–H and O–H groups in total. The van der Waals surface area contributed by atoms with Crippen molar-refractivity contribution in [1.29, 1.82) is 0 Å². The Bertz CT molecular complexity index is 657. The van der Waals surface area contributed by atoms with Gasteiger partial charge in [0.05, 0.1) is 13.3 Å². The number of nitrogens with zero attached hydrogens (tertiary/aromatic N) is 2. The van der Waals surface area contributed by atoms with Crippen LogP contribution in [0.2, 0.25) is 5.02 Å². The third kappa shape index (κ3) is 4.40. The van der Waals surface area contributed by atoms with E-state index in [0.29, 0.717) is 23.1 Å². The van der Waals surface area contributed by atoms with Gasteiger partial charge in [0.1, 0.15) is 6.61 Å². The summed E-state index contributed by atoms with van der Waals surface area (Å²) >= 11 is 6.13. The third-order valence-corrected chi connectivity index (χ3v) is 3.34. The fourth-order valence-electron chi connectivity index (χ4n) is 1.84. The second-order valence-electron chi connectivity index (χ2n) is 4.88. The largest absolute Gasteiger partial charge is 0.493 e. The van der Waals surface area contributed by atoms with Gasteiger partial charge in [-0.25, -0.2) is 0 Å². The minimum atomic E-state index is 0.390. The van der Waals surface area contributed by atoms with E-state index in [9.17, 15) is 0 Å². The van der Waals surface area contributed by atoms with Crippen molar-refractivity contribution in [3.8, 4) is 11.5 Å². The molecule has 2 rings (SSSR count). The highest BCUT2D eigenvalue weighted by atomic mass is 35.5. The maximum Gasteiger partial charge on any atom is 0.161 e. The highest BCUT2D eigenvalue weighted by molar-refractivity contribution is 6.31. The summed E-state index contributed by atoms with van der Waals surface area (Å²) in [7, 11) is 5.36. The first kappa shape index (κ1) is 16.2. The van der Waals surface area contributed by atoms with Gasteiger partial charge in [-0.3, -0.25) is 0 Å². The Balaban J connectivity index is 2.12. The van der Waals surface area contributed by atoms with Gasteiger partial charge < -0.3 is 14.5 Å². The molecular formula is C17H19ClN2O2. The van der Waals surface area contributed by atoms with Crippen LogP contribution in [0.15, 0.2) is 47.6 Å². The number of hydrazone groups is 1. The van der Waals surface area contributed by atoms with Crippen molar-refractivity contribution in [2.24, 2.45) is 5.10 Å². The van der Waals surface area contributed by atoms with Crippen LogP contribution in [0.5, 0.6) is 11.5 Å². The fourth-order valence-corrected chi connectivity index (χ4v) is 2.03. The van der Waals surface area contributed by atoms with E-state index in [1.807, 2.05) is 56.6 Å². The van der Waals surface area contributed by atoms with Crippen molar-refractivity contribution in [3.63, 3.8) is 0 Å². The Morgan fingerprint density at radius 3 is 2.59 bits per heavy atom. The molecule has 2 aromatic carbocycles. The van der Waals surface area contributed by atoms with Crippen LogP contribution >= 0.6 is 11.6 Å². The van der Waals surface area contributed by atoms with Crippen LogP contribution in [0.1, 0.15) is 11.1 Å². The first-order valence-electron chi connectivity index (χ1n) is 6.85. The quantitative estimate of drug-likeness (QED) is 0.600. The molecule has 0 amide bonds. The Hall–Kier alpha value is -2.20. The zero-order valence-corrected chi connectivity index (χ0v) is 13.7. The topological polar surface area (TPSA) is 34.1 Å². The smallest absolute Gasteiger partial charge is 0.161 e. The second kappa shape index (κ2) is 7.71. The molecule has 2 aromatic rings. The summed E-state index contributed by atoms with van der Waals surface area (Å²) in [6, 6.07) is 13.3. The van der Waals surface area contributed by atoms with Crippen LogP contribution in [0, 0.1) is 0 Å². The van der Waals surface area contributed by atoms with Gasteiger partial charge in [-0.05, 0) is 29.8 Å². The molecule has 0 aliphatic rings. The standard InChI is InChI=1S/C17H19ClN2O2/c1-20(2)19-11-13-8-9-16(17(10-13)21-3)22-12-14-6-4-5-7-15(14)18/h4-11H,12H2,1-3H3/b19-11+. The molecule has 0 atom stereocenters. The molecule has 0 saturated carbocycles. The van der Waals surface area contributed by atoms with Gasteiger partial charge in [0, 0.05) is 24.7 Å². The summed E-state index contributed by atoms with van der Waals surface area (Å²) in [5.41, 5.74) is 1.88. The zero-order chi connectivity index (χ0) is 15.9. The minimum Gasteiger partial charge on any atom is -0.493 e. The molecule has 0 saturated heterocycles. The molecular weight excluding hydrogens is 300 g/mol. The molecule has 0 fully saturated rings. The van der Waals surface area contributed by atoms with Crippen molar-refractivity contribution in [2.75, 3.05) is 21.2 Å². The lowest BCUT2D eigenvalue weighted by Gasteiger charge is -2.12. The average Bonchev–Trinajstić information content (AvgIpc) is 2.52. The molecule has 0 spiro atoms. The van der Waals surface area contributed by atoms with Crippen LogP contribution < -0.4 is 9.47 Å². The Morgan fingerprint density at radius 2 is 1.91 bits per heavy atom. The Labute approximate surface area is 135 Å². The number of hydrogen-bond acceptors (Lipinski definition) is 4. The van der Waals surface area contributed by atoms with E-state index >= 15 is 0 Å². The number of halogens is 1. The first-order chi connectivity index (χ1) is 10.6. The summed E-state index contributed by atoms with van der Waals surface area (Å²) in [5, 5.41) is 6.62. The highest BCUT2D eigenvalue weighted by Crippen LogP contribution is 2.29. The van der Waals surface area contributed by atoms with Crippen molar-refractivity contribution in [1.82, 2.24) is 5.01 Å². The SMILES string of the molecule is COc1cc(/C=N/N(C)C)ccc1OCc1ccccc1Cl. The summed E-state index contributed by atoms with van der Waals surface area (Å²) in [6.07, 6.45) is 1.76. The van der Waals surface area contributed by atoms with E-state index in [0.717, 1.165) is 11.1 Å². The van der Waals surface area contributed by atoms with E-state index in [2.05, 4.69) is 5.10 Å². The fraction of sp³-hybridized carbons (Fsp3) is 0.235. The van der Waals surface area contributed by atoms with Crippen LogP contribution in [0.3, 0.4) is 0 Å². The number of rotatable bonds is 6. The summed E-state index contributed by atoms with van der Waals surface area (Å²) in [6.45, 7) is 0.390.